The average molecular weight is 414 g/mol. The molecule has 2 amide bonds. The van der Waals surface area contributed by atoms with E-state index in [1.54, 1.807) is 0 Å². The highest BCUT2D eigenvalue weighted by Gasteiger charge is 2.26. The zero-order valence-electron chi connectivity index (χ0n) is 17.9. The van der Waals surface area contributed by atoms with Gasteiger partial charge in [-0.3, -0.25) is 14.5 Å². The summed E-state index contributed by atoms with van der Waals surface area (Å²) in [5.74, 6) is 0.122. The molecule has 3 rings (SSSR count). The Balaban J connectivity index is 1.55. The van der Waals surface area contributed by atoms with Crippen LogP contribution in [0.4, 0.5) is 0 Å². The second kappa shape index (κ2) is 9.55. The van der Waals surface area contributed by atoms with Crippen molar-refractivity contribution in [2.45, 2.75) is 40.3 Å². The van der Waals surface area contributed by atoms with Crippen LogP contribution in [0.2, 0.25) is 0 Å². The molecule has 6 heteroatoms. The summed E-state index contributed by atoms with van der Waals surface area (Å²) in [6.07, 6.45) is 0. The van der Waals surface area contributed by atoms with Crippen LogP contribution in [0.3, 0.4) is 0 Å². The molecule has 1 aliphatic rings. The van der Waals surface area contributed by atoms with Gasteiger partial charge >= 0.3 is 0 Å². The topological polar surface area (TPSA) is 43.9 Å². The first-order chi connectivity index (χ1) is 13.9. The summed E-state index contributed by atoms with van der Waals surface area (Å²) in [7, 11) is 0. The predicted molar refractivity (Wildman–Crippen MR) is 119 cm³/mol. The van der Waals surface area contributed by atoms with Crippen LogP contribution in [-0.4, -0.2) is 65.3 Å². The maximum absolute atomic E-state index is 12.9. The Labute approximate surface area is 177 Å². The SMILES string of the molecule is CCN(Cc1ccc(C(=O)N2CCN(C(=O)c3ccc(C)s3)CC2)cc1)C(C)C. The van der Waals surface area contributed by atoms with Crippen LogP contribution in [0.25, 0.3) is 0 Å². The van der Waals surface area contributed by atoms with E-state index in [0.29, 0.717) is 32.2 Å². The molecule has 5 nitrogen and oxygen atoms in total. The van der Waals surface area contributed by atoms with E-state index in [1.807, 2.05) is 41.0 Å². The van der Waals surface area contributed by atoms with Crippen molar-refractivity contribution in [3.05, 3.63) is 57.3 Å². The van der Waals surface area contributed by atoms with Gasteiger partial charge < -0.3 is 9.80 Å². The molecule has 0 aliphatic carbocycles. The third kappa shape index (κ3) is 5.25. The highest BCUT2D eigenvalue weighted by Crippen LogP contribution is 2.19. The summed E-state index contributed by atoms with van der Waals surface area (Å²) in [4.78, 5) is 33.5. The average Bonchev–Trinajstić information content (AvgIpc) is 3.17. The van der Waals surface area contributed by atoms with Gasteiger partial charge in [-0.2, -0.15) is 0 Å². The van der Waals surface area contributed by atoms with E-state index in [1.165, 1.54) is 16.9 Å². The molecule has 1 aliphatic heterocycles. The highest BCUT2D eigenvalue weighted by molar-refractivity contribution is 7.13. The first kappa shape index (κ1) is 21.5. The molecule has 0 atom stereocenters. The lowest BCUT2D eigenvalue weighted by Gasteiger charge is -2.34. The molecule has 156 valence electrons. The summed E-state index contributed by atoms with van der Waals surface area (Å²) in [6, 6.07) is 12.3. The van der Waals surface area contributed by atoms with Crippen molar-refractivity contribution in [2.24, 2.45) is 0 Å². The van der Waals surface area contributed by atoms with Gasteiger partial charge in [0.25, 0.3) is 11.8 Å². The van der Waals surface area contributed by atoms with Crippen molar-refractivity contribution in [3.8, 4) is 0 Å². The van der Waals surface area contributed by atoms with Crippen molar-refractivity contribution in [2.75, 3.05) is 32.7 Å². The van der Waals surface area contributed by atoms with Crippen molar-refractivity contribution >= 4 is 23.2 Å². The number of hydrogen-bond acceptors (Lipinski definition) is 4. The van der Waals surface area contributed by atoms with Crippen molar-refractivity contribution in [3.63, 3.8) is 0 Å². The fourth-order valence-electron chi connectivity index (χ4n) is 3.65. The van der Waals surface area contributed by atoms with Gasteiger partial charge in [0, 0.05) is 49.2 Å². The van der Waals surface area contributed by atoms with E-state index in [4.69, 9.17) is 0 Å². The highest BCUT2D eigenvalue weighted by atomic mass is 32.1. The molecule has 2 heterocycles. The fourth-order valence-corrected chi connectivity index (χ4v) is 4.48. The minimum Gasteiger partial charge on any atom is -0.335 e. The largest absolute Gasteiger partial charge is 0.335 e. The molecule has 29 heavy (non-hydrogen) atoms. The Kier molecular flexibility index (Phi) is 7.09. The van der Waals surface area contributed by atoms with Crippen LogP contribution >= 0.6 is 11.3 Å². The van der Waals surface area contributed by atoms with E-state index in [2.05, 4.69) is 37.8 Å². The summed E-state index contributed by atoms with van der Waals surface area (Å²) in [5, 5.41) is 0. The van der Waals surface area contributed by atoms with E-state index in [-0.39, 0.29) is 11.8 Å². The van der Waals surface area contributed by atoms with Gasteiger partial charge in [0.05, 0.1) is 4.88 Å². The number of carbonyl (C=O) groups is 2. The third-order valence-corrected chi connectivity index (χ3v) is 6.52. The Morgan fingerprint density at radius 1 is 0.966 bits per heavy atom. The number of rotatable bonds is 6. The number of aryl methyl sites for hydroxylation is 1. The molecule has 0 saturated carbocycles. The monoisotopic (exact) mass is 413 g/mol. The molecule has 1 fully saturated rings. The fraction of sp³-hybridized carbons (Fsp3) is 0.478. The van der Waals surface area contributed by atoms with E-state index < -0.39 is 0 Å². The molecule has 1 saturated heterocycles. The van der Waals surface area contributed by atoms with E-state index in [9.17, 15) is 9.59 Å². The number of hydrogen-bond donors (Lipinski definition) is 0. The maximum atomic E-state index is 12.9. The number of thiophene rings is 1. The van der Waals surface area contributed by atoms with Crippen molar-refractivity contribution < 1.29 is 9.59 Å². The summed E-state index contributed by atoms with van der Waals surface area (Å²) in [6.45, 7) is 12.8. The van der Waals surface area contributed by atoms with Crippen LogP contribution in [0.5, 0.6) is 0 Å². The molecule has 2 aromatic rings. The van der Waals surface area contributed by atoms with Crippen LogP contribution < -0.4 is 0 Å². The first-order valence-electron chi connectivity index (χ1n) is 10.4. The van der Waals surface area contributed by atoms with Gasteiger partial charge in [-0.15, -0.1) is 11.3 Å². The smallest absolute Gasteiger partial charge is 0.264 e. The molecule has 0 unspecified atom stereocenters. The normalized spacial score (nSPS) is 14.7. The Morgan fingerprint density at radius 2 is 1.55 bits per heavy atom. The van der Waals surface area contributed by atoms with Crippen LogP contribution in [0.1, 0.15) is 51.2 Å². The quantitative estimate of drug-likeness (QED) is 0.722. The van der Waals surface area contributed by atoms with Crippen molar-refractivity contribution in [1.29, 1.82) is 0 Å². The second-order valence-corrected chi connectivity index (χ2v) is 9.14. The first-order valence-corrected chi connectivity index (χ1v) is 11.2. The minimum absolute atomic E-state index is 0.0480. The summed E-state index contributed by atoms with van der Waals surface area (Å²) >= 11 is 1.53. The van der Waals surface area contributed by atoms with E-state index >= 15 is 0 Å². The van der Waals surface area contributed by atoms with Crippen LogP contribution in [-0.2, 0) is 6.54 Å². The molecular formula is C23H31N3O2S. The van der Waals surface area contributed by atoms with E-state index in [0.717, 1.165) is 28.4 Å². The van der Waals surface area contributed by atoms with Gasteiger partial charge in [-0.25, -0.2) is 0 Å². The summed E-state index contributed by atoms with van der Waals surface area (Å²) in [5.41, 5.74) is 1.94. The van der Waals surface area contributed by atoms with Crippen molar-refractivity contribution in [1.82, 2.24) is 14.7 Å². The van der Waals surface area contributed by atoms with Gasteiger partial charge in [0.15, 0.2) is 0 Å². The second-order valence-electron chi connectivity index (χ2n) is 7.85. The van der Waals surface area contributed by atoms with Gasteiger partial charge in [-0.05, 0) is 57.1 Å². The molecule has 0 radical (unpaired) electrons. The molecule has 0 bridgehead atoms. The minimum atomic E-state index is 0.0480. The standard InChI is InChI=1S/C23H31N3O2S/c1-5-24(17(2)3)16-19-7-9-20(10-8-19)22(27)25-12-14-26(15-13-25)23(28)21-11-6-18(4)29-21/h6-11,17H,5,12-16H2,1-4H3. The number of nitrogens with zero attached hydrogens (tertiary/aromatic N) is 3. The molecule has 1 aromatic heterocycles. The molecular weight excluding hydrogens is 382 g/mol. The predicted octanol–water partition coefficient (Wildman–Crippen LogP) is 3.89. The molecule has 1 aromatic carbocycles. The number of piperazine rings is 1. The maximum Gasteiger partial charge on any atom is 0.264 e. The van der Waals surface area contributed by atoms with Gasteiger partial charge in [0.2, 0.25) is 0 Å². The third-order valence-electron chi connectivity index (χ3n) is 5.53. The molecule has 0 spiro atoms. The Hall–Kier alpha value is -2.18. The lowest BCUT2D eigenvalue weighted by Crippen LogP contribution is -2.50. The Bertz CT molecular complexity index is 836. The number of benzene rings is 1. The Morgan fingerprint density at radius 3 is 2.03 bits per heavy atom. The van der Waals surface area contributed by atoms with Crippen LogP contribution in [0.15, 0.2) is 36.4 Å². The molecule has 0 N–H and O–H groups in total. The zero-order valence-corrected chi connectivity index (χ0v) is 18.7. The zero-order chi connectivity index (χ0) is 21.0. The lowest BCUT2D eigenvalue weighted by molar-refractivity contribution is 0.0538. The number of amides is 2. The van der Waals surface area contributed by atoms with Crippen LogP contribution in [0, 0.1) is 6.92 Å². The van der Waals surface area contributed by atoms with Gasteiger partial charge in [-0.1, -0.05) is 19.1 Å². The van der Waals surface area contributed by atoms with Gasteiger partial charge in [0.1, 0.15) is 0 Å². The lowest BCUT2D eigenvalue weighted by atomic mass is 10.1. The summed E-state index contributed by atoms with van der Waals surface area (Å²) < 4.78 is 0. The number of carbonyl (C=O) groups excluding carboxylic acids is 2.